The SMILES string of the molecule is CC(N)CS(=O)(=O)Cc1ccc(F)c(Cl)c1. The Bertz CT molecular complexity index is 474. The van der Waals surface area contributed by atoms with E-state index in [4.69, 9.17) is 17.3 Å². The molecule has 0 saturated heterocycles. The molecule has 0 aliphatic carbocycles. The highest BCUT2D eigenvalue weighted by Gasteiger charge is 2.15. The third-order valence-electron chi connectivity index (χ3n) is 1.89. The smallest absolute Gasteiger partial charge is 0.155 e. The first-order valence-electron chi connectivity index (χ1n) is 4.70. The van der Waals surface area contributed by atoms with Crippen LogP contribution in [0.4, 0.5) is 4.39 Å². The minimum atomic E-state index is -3.27. The number of sulfone groups is 1. The van der Waals surface area contributed by atoms with Crippen LogP contribution >= 0.6 is 11.6 Å². The Morgan fingerprint density at radius 2 is 2.12 bits per heavy atom. The van der Waals surface area contributed by atoms with Crippen LogP contribution in [0.15, 0.2) is 18.2 Å². The molecular formula is C10H13ClFNO2S. The molecule has 0 saturated carbocycles. The van der Waals surface area contributed by atoms with Crippen molar-refractivity contribution in [2.24, 2.45) is 5.73 Å². The summed E-state index contributed by atoms with van der Waals surface area (Å²) in [5, 5.41) is -0.0755. The molecule has 0 heterocycles. The van der Waals surface area contributed by atoms with E-state index >= 15 is 0 Å². The van der Waals surface area contributed by atoms with Gasteiger partial charge in [-0.15, -0.1) is 0 Å². The van der Waals surface area contributed by atoms with E-state index in [2.05, 4.69) is 0 Å². The Balaban J connectivity index is 2.84. The van der Waals surface area contributed by atoms with E-state index < -0.39 is 21.7 Å². The van der Waals surface area contributed by atoms with Gasteiger partial charge in [0.2, 0.25) is 0 Å². The standard InChI is InChI=1S/C10H13ClFNO2S/c1-7(13)5-16(14,15)6-8-2-3-10(12)9(11)4-8/h2-4,7H,5-6,13H2,1H3. The predicted molar refractivity (Wildman–Crippen MR) is 62.6 cm³/mol. The second kappa shape index (κ2) is 5.12. The van der Waals surface area contributed by atoms with E-state index in [0.717, 1.165) is 6.07 Å². The molecule has 3 nitrogen and oxygen atoms in total. The third-order valence-corrected chi connectivity index (χ3v) is 3.98. The molecule has 0 aromatic heterocycles. The molecule has 1 aromatic carbocycles. The quantitative estimate of drug-likeness (QED) is 0.902. The van der Waals surface area contributed by atoms with Gasteiger partial charge in [0.15, 0.2) is 9.84 Å². The zero-order chi connectivity index (χ0) is 12.3. The molecule has 0 fully saturated rings. The van der Waals surface area contributed by atoms with Crippen LogP contribution in [0, 0.1) is 5.82 Å². The van der Waals surface area contributed by atoms with Gasteiger partial charge in [-0.1, -0.05) is 17.7 Å². The van der Waals surface area contributed by atoms with Gasteiger partial charge in [-0.05, 0) is 24.6 Å². The highest BCUT2D eigenvalue weighted by Crippen LogP contribution is 2.17. The first-order chi connectivity index (χ1) is 7.30. The van der Waals surface area contributed by atoms with E-state index in [-0.39, 0.29) is 16.5 Å². The van der Waals surface area contributed by atoms with Crippen LogP contribution < -0.4 is 5.73 Å². The average Bonchev–Trinajstić information content (AvgIpc) is 2.08. The summed E-state index contributed by atoms with van der Waals surface area (Å²) in [5.74, 6) is -0.828. The van der Waals surface area contributed by atoms with Crippen LogP contribution in [0.5, 0.6) is 0 Å². The average molecular weight is 266 g/mol. The number of rotatable bonds is 4. The normalized spacial score (nSPS) is 13.8. The molecular weight excluding hydrogens is 253 g/mol. The van der Waals surface area contributed by atoms with E-state index in [0.29, 0.717) is 5.56 Å². The van der Waals surface area contributed by atoms with Gasteiger partial charge < -0.3 is 5.73 Å². The summed E-state index contributed by atoms with van der Waals surface area (Å²) < 4.78 is 36.0. The Kier molecular flexibility index (Phi) is 4.29. The van der Waals surface area contributed by atoms with Crippen molar-refractivity contribution < 1.29 is 12.8 Å². The summed E-state index contributed by atoms with van der Waals surface area (Å²) in [6.45, 7) is 1.62. The fourth-order valence-corrected chi connectivity index (χ4v) is 3.15. The van der Waals surface area contributed by atoms with Crippen LogP contribution in [-0.2, 0) is 15.6 Å². The van der Waals surface area contributed by atoms with Gasteiger partial charge in [-0.25, -0.2) is 12.8 Å². The van der Waals surface area contributed by atoms with Crippen LogP contribution in [-0.4, -0.2) is 20.2 Å². The number of hydrogen-bond acceptors (Lipinski definition) is 3. The van der Waals surface area contributed by atoms with E-state index in [1.54, 1.807) is 6.92 Å². The molecule has 1 aromatic rings. The lowest BCUT2D eigenvalue weighted by Gasteiger charge is -2.07. The number of nitrogens with two attached hydrogens (primary N) is 1. The fraction of sp³-hybridized carbons (Fsp3) is 0.400. The zero-order valence-corrected chi connectivity index (χ0v) is 10.4. The second-order valence-electron chi connectivity index (χ2n) is 3.78. The fourth-order valence-electron chi connectivity index (χ4n) is 1.34. The summed E-state index contributed by atoms with van der Waals surface area (Å²) >= 11 is 5.55. The van der Waals surface area contributed by atoms with Crippen molar-refractivity contribution in [3.8, 4) is 0 Å². The summed E-state index contributed by atoms with van der Waals surface area (Å²) in [6, 6.07) is 3.45. The minimum Gasteiger partial charge on any atom is -0.327 e. The van der Waals surface area contributed by atoms with Crippen molar-refractivity contribution in [3.05, 3.63) is 34.6 Å². The van der Waals surface area contributed by atoms with Crippen LogP contribution in [0.25, 0.3) is 0 Å². The summed E-state index contributed by atoms with van der Waals surface area (Å²) in [6.07, 6.45) is 0. The summed E-state index contributed by atoms with van der Waals surface area (Å²) in [5.41, 5.74) is 5.89. The van der Waals surface area contributed by atoms with Gasteiger partial charge in [0.25, 0.3) is 0 Å². The van der Waals surface area contributed by atoms with Crippen molar-refractivity contribution in [2.45, 2.75) is 18.7 Å². The zero-order valence-electron chi connectivity index (χ0n) is 8.78. The molecule has 0 bridgehead atoms. The molecule has 6 heteroatoms. The van der Waals surface area contributed by atoms with E-state index in [9.17, 15) is 12.8 Å². The molecule has 0 amide bonds. The van der Waals surface area contributed by atoms with Crippen molar-refractivity contribution in [3.63, 3.8) is 0 Å². The molecule has 2 N–H and O–H groups in total. The molecule has 0 aliphatic heterocycles. The van der Waals surface area contributed by atoms with Gasteiger partial charge in [0, 0.05) is 6.04 Å². The predicted octanol–water partition coefficient (Wildman–Crippen LogP) is 1.74. The Labute approximate surface area is 99.3 Å². The summed E-state index contributed by atoms with van der Waals surface area (Å²) in [7, 11) is -3.27. The van der Waals surface area contributed by atoms with Gasteiger partial charge >= 0.3 is 0 Å². The molecule has 1 atom stereocenters. The maximum atomic E-state index is 12.8. The van der Waals surface area contributed by atoms with Crippen LogP contribution in [0.3, 0.4) is 0 Å². The summed E-state index contributed by atoms with van der Waals surface area (Å²) in [4.78, 5) is 0. The van der Waals surface area contributed by atoms with Gasteiger partial charge in [-0.2, -0.15) is 0 Å². The Morgan fingerprint density at radius 3 is 2.62 bits per heavy atom. The number of halogens is 2. The van der Waals surface area contributed by atoms with Gasteiger partial charge in [0.05, 0.1) is 16.5 Å². The minimum absolute atomic E-state index is 0.0755. The van der Waals surface area contributed by atoms with Gasteiger partial charge in [0.1, 0.15) is 5.82 Å². The Hall–Kier alpha value is -0.650. The Morgan fingerprint density at radius 1 is 1.50 bits per heavy atom. The molecule has 1 unspecified atom stereocenters. The first kappa shape index (κ1) is 13.4. The number of hydrogen-bond donors (Lipinski definition) is 1. The molecule has 16 heavy (non-hydrogen) atoms. The van der Waals surface area contributed by atoms with E-state index in [1.165, 1.54) is 12.1 Å². The van der Waals surface area contributed by atoms with Crippen molar-refractivity contribution in [2.75, 3.05) is 5.75 Å². The maximum Gasteiger partial charge on any atom is 0.155 e. The van der Waals surface area contributed by atoms with Crippen molar-refractivity contribution in [1.29, 1.82) is 0 Å². The molecule has 0 spiro atoms. The van der Waals surface area contributed by atoms with E-state index in [1.807, 2.05) is 0 Å². The lowest BCUT2D eigenvalue weighted by molar-refractivity contribution is 0.589. The highest BCUT2D eigenvalue weighted by atomic mass is 35.5. The molecule has 0 aliphatic rings. The molecule has 1 rings (SSSR count). The largest absolute Gasteiger partial charge is 0.327 e. The monoisotopic (exact) mass is 265 g/mol. The van der Waals surface area contributed by atoms with Crippen molar-refractivity contribution >= 4 is 21.4 Å². The second-order valence-corrected chi connectivity index (χ2v) is 6.30. The topological polar surface area (TPSA) is 60.2 Å². The lowest BCUT2D eigenvalue weighted by atomic mass is 10.2. The van der Waals surface area contributed by atoms with Crippen LogP contribution in [0.1, 0.15) is 12.5 Å². The third kappa shape index (κ3) is 4.08. The molecule has 90 valence electrons. The van der Waals surface area contributed by atoms with Gasteiger partial charge in [-0.3, -0.25) is 0 Å². The maximum absolute atomic E-state index is 12.8. The van der Waals surface area contributed by atoms with Crippen LogP contribution in [0.2, 0.25) is 5.02 Å². The molecule has 0 radical (unpaired) electrons. The lowest BCUT2D eigenvalue weighted by Crippen LogP contribution is -2.27. The van der Waals surface area contributed by atoms with Crippen molar-refractivity contribution in [1.82, 2.24) is 0 Å². The highest BCUT2D eigenvalue weighted by molar-refractivity contribution is 7.90. The first-order valence-corrected chi connectivity index (χ1v) is 6.90. The number of benzene rings is 1.